The van der Waals surface area contributed by atoms with Gasteiger partial charge in [-0.25, -0.2) is 19.9 Å². The van der Waals surface area contributed by atoms with E-state index in [2.05, 4.69) is 63.4 Å². The molecule has 14 heteroatoms. The maximum atomic E-state index is 12.6. The van der Waals surface area contributed by atoms with Crippen LogP contribution in [0.25, 0.3) is 21.8 Å². The van der Waals surface area contributed by atoms with E-state index in [-0.39, 0.29) is 23.5 Å². The SMILES string of the molecule is C#Cc1ccc2c(=O)n3c(nc2c1)CN(C)CC3.Cc1cnc(Br)s1.Cc1cnc(C#Cc2ccc3c(=O)n4c(nc3c2)CN(C)CC4)s1.Cl. The molecule has 0 atom stereocenters. The second kappa shape index (κ2) is 16.2. The summed E-state index contributed by atoms with van der Waals surface area (Å²) in [6, 6.07) is 10.9. The van der Waals surface area contributed by atoms with Gasteiger partial charge in [0.25, 0.3) is 11.1 Å². The van der Waals surface area contributed by atoms with Gasteiger partial charge in [-0.1, -0.05) is 11.8 Å². The third-order valence-electron chi connectivity index (χ3n) is 8.00. The Hall–Kier alpha value is -4.21. The lowest BCUT2D eigenvalue weighted by molar-refractivity contribution is 0.259. The third-order valence-corrected chi connectivity index (χ3v) is 10.2. The molecule has 0 saturated heterocycles. The number of hydrogen-bond donors (Lipinski definition) is 0. The van der Waals surface area contributed by atoms with Crippen LogP contribution in [-0.4, -0.2) is 66.1 Å². The third kappa shape index (κ3) is 8.56. The second-order valence-electron chi connectivity index (χ2n) is 11.8. The molecule has 6 heterocycles. The summed E-state index contributed by atoms with van der Waals surface area (Å²) in [7, 11) is 4.06. The number of aromatic nitrogens is 6. The van der Waals surface area contributed by atoms with Gasteiger partial charge in [-0.3, -0.25) is 28.5 Å². The molecule has 0 amide bonds. The number of rotatable bonds is 0. The van der Waals surface area contributed by atoms with Crippen molar-refractivity contribution < 1.29 is 0 Å². The standard InChI is InChI=1S/C18H16N4OS.C14H13N3O.C4H4BrNS.ClH/c1-12-10-19-17(24-12)6-4-13-3-5-14-15(9-13)20-16-11-21(2)7-8-22(16)18(14)23;1-3-10-4-5-11-12(8-10)15-13-9-16(2)6-7-17(13)14(11)18;1-3-2-6-4(5)7-3;/h3,5,9-10H,7-8,11H2,1-2H3;1,4-5,8H,6-7,9H2,2H3;2H,1H3;1H. The molecule has 0 aliphatic carbocycles. The van der Waals surface area contributed by atoms with Crippen LogP contribution in [0.1, 0.15) is 37.5 Å². The fraction of sp³-hybridized carbons (Fsp3) is 0.278. The monoisotopic (exact) mass is 788 g/mol. The summed E-state index contributed by atoms with van der Waals surface area (Å²) in [6.45, 7) is 8.58. The van der Waals surface area contributed by atoms with Gasteiger partial charge in [0.15, 0.2) is 8.92 Å². The average Bonchev–Trinajstić information content (AvgIpc) is 3.69. The summed E-state index contributed by atoms with van der Waals surface area (Å²) >= 11 is 6.46. The number of terminal acetylenes is 1. The Bertz CT molecular complexity index is 2400. The lowest BCUT2D eigenvalue weighted by Crippen LogP contribution is -2.38. The van der Waals surface area contributed by atoms with E-state index in [1.807, 2.05) is 58.5 Å². The van der Waals surface area contributed by atoms with Gasteiger partial charge in [0, 0.05) is 59.5 Å². The van der Waals surface area contributed by atoms with Crippen LogP contribution in [0.3, 0.4) is 0 Å². The minimum Gasteiger partial charge on any atom is -0.297 e. The highest BCUT2D eigenvalue weighted by molar-refractivity contribution is 9.11. The molecule has 0 N–H and O–H groups in total. The molecule has 6 aromatic rings. The van der Waals surface area contributed by atoms with E-state index in [9.17, 15) is 9.59 Å². The number of aryl methyl sites for hydroxylation is 2. The average molecular weight is 790 g/mol. The highest BCUT2D eigenvalue weighted by Crippen LogP contribution is 2.17. The summed E-state index contributed by atoms with van der Waals surface area (Å²) in [6.07, 6.45) is 9.03. The molecule has 2 aliphatic rings. The minimum atomic E-state index is 0. The Morgan fingerprint density at radius 2 is 1.26 bits per heavy atom. The van der Waals surface area contributed by atoms with Crippen molar-refractivity contribution in [2.24, 2.45) is 0 Å². The van der Waals surface area contributed by atoms with E-state index in [0.717, 1.165) is 49.7 Å². The molecule has 2 aliphatic heterocycles. The molecule has 0 saturated carbocycles. The Morgan fingerprint density at radius 1 is 0.740 bits per heavy atom. The number of nitrogens with zero attached hydrogens (tertiary/aromatic N) is 8. The van der Waals surface area contributed by atoms with Gasteiger partial charge in [-0.2, -0.15) is 0 Å². The molecule has 2 aromatic carbocycles. The molecule has 4 aromatic heterocycles. The number of fused-ring (bicyclic) bond motifs is 4. The normalized spacial score (nSPS) is 13.7. The number of thiazole rings is 2. The van der Waals surface area contributed by atoms with E-state index in [4.69, 9.17) is 6.42 Å². The molecule has 0 unspecified atom stereocenters. The first-order chi connectivity index (χ1) is 23.6. The Kier molecular flexibility index (Phi) is 12.0. The number of halogens is 2. The molecule has 256 valence electrons. The molecule has 0 bridgehead atoms. The summed E-state index contributed by atoms with van der Waals surface area (Å²) in [4.78, 5) is 49.1. The van der Waals surface area contributed by atoms with Crippen LogP contribution >= 0.6 is 51.0 Å². The highest BCUT2D eigenvalue weighted by atomic mass is 79.9. The van der Waals surface area contributed by atoms with Gasteiger partial charge in [-0.15, -0.1) is 41.5 Å². The highest BCUT2D eigenvalue weighted by Gasteiger charge is 2.18. The van der Waals surface area contributed by atoms with E-state index in [1.54, 1.807) is 50.0 Å². The summed E-state index contributed by atoms with van der Waals surface area (Å²) in [5.41, 5.74) is 3.07. The van der Waals surface area contributed by atoms with Gasteiger partial charge in [-0.05, 0) is 86.2 Å². The molecule has 0 spiro atoms. The van der Waals surface area contributed by atoms with E-state index < -0.39 is 0 Å². The van der Waals surface area contributed by atoms with Crippen molar-refractivity contribution in [1.82, 2.24) is 38.9 Å². The minimum absolute atomic E-state index is 0. The predicted octanol–water partition coefficient (Wildman–Crippen LogP) is 5.47. The lowest BCUT2D eigenvalue weighted by atomic mass is 10.1. The maximum Gasteiger partial charge on any atom is 0.261 e. The fourth-order valence-corrected chi connectivity index (χ4v) is 7.41. The van der Waals surface area contributed by atoms with Crippen LogP contribution in [0.5, 0.6) is 0 Å². The zero-order valence-electron chi connectivity index (χ0n) is 27.9. The van der Waals surface area contributed by atoms with Crippen LogP contribution in [0.2, 0.25) is 0 Å². The Balaban J connectivity index is 0.000000164. The first-order valence-electron chi connectivity index (χ1n) is 15.5. The number of benzene rings is 2. The van der Waals surface area contributed by atoms with Gasteiger partial charge >= 0.3 is 0 Å². The molecular formula is C36H34BrClN8O2S2. The van der Waals surface area contributed by atoms with Crippen LogP contribution in [0, 0.1) is 38.0 Å². The van der Waals surface area contributed by atoms with Crippen LogP contribution in [0.4, 0.5) is 0 Å². The molecule has 10 nitrogen and oxygen atoms in total. The summed E-state index contributed by atoms with van der Waals surface area (Å²) in [5.74, 6) is 10.4. The van der Waals surface area contributed by atoms with Crippen LogP contribution in [-0.2, 0) is 26.2 Å². The fourth-order valence-electron chi connectivity index (χ4n) is 5.45. The van der Waals surface area contributed by atoms with Crippen molar-refractivity contribution in [3.05, 3.63) is 111 Å². The first-order valence-corrected chi connectivity index (χ1v) is 17.9. The van der Waals surface area contributed by atoms with E-state index in [0.29, 0.717) is 48.0 Å². The summed E-state index contributed by atoms with van der Waals surface area (Å²) < 4.78 is 4.51. The van der Waals surface area contributed by atoms with Gasteiger partial charge in [0.05, 0.1) is 34.9 Å². The topological polar surface area (TPSA) is 102 Å². The predicted molar refractivity (Wildman–Crippen MR) is 207 cm³/mol. The van der Waals surface area contributed by atoms with Crippen molar-refractivity contribution in [2.45, 2.75) is 40.0 Å². The van der Waals surface area contributed by atoms with E-state index >= 15 is 0 Å². The van der Waals surface area contributed by atoms with Gasteiger partial charge in [0.1, 0.15) is 11.6 Å². The zero-order chi connectivity index (χ0) is 34.7. The molecule has 8 rings (SSSR count). The van der Waals surface area contributed by atoms with Crippen molar-refractivity contribution >= 4 is 72.8 Å². The van der Waals surface area contributed by atoms with Crippen molar-refractivity contribution in [3.8, 4) is 24.2 Å². The van der Waals surface area contributed by atoms with Gasteiger partial charge < -0.3 is 0 Å². The Morgan fingerprint density at radius 3 is 1.72 bits per heavy atom. The van der Waals surface area contributed by atoms with Crippen LogP contribution in [0.15, 0.2) is 62.3 Å². The van der Waals surface area contributed by atoms with Crippen molar-refractivity contribution in [3.63, 3.8) is 0 Å². The van der Waals surface area contributed by atoms with Gasteiger partial charge in [0.2, 0.25) is 0 Å². The molecule has 0 fully saturated rings. The lowest BCUT2D eigenvalue weighted by Gasteiger charge is -2.25. The summed E-state index contributed by atoms with van der Waals surface area (Å²) in [5, 5.41) is 2.09. The van der Waals surface area contributed by atoms with Crippen molar-refractivity contribution in [1.29, 1.82) is 0 Å². The molecular weight excluding hydrogens is 756 g/mol. The second-order valence-corrected chi connectivity index (χ2v) is 15.5. The maximum absolute atomic E-state index is 12.6. The van der Waals surface area contributed by atoms with E-state index in [1.165, 1.54) is 4.88 Å². The first kappa shape index (κ1) is 37.1. The smallest absolute Gasteiger partial charge is 0.261 e. The Labute approximate surface area is 312 Å². The number of likely N-dealkylation sites (N-methyl/N-ethyl adjacent to an activating group) is 2. The number of hydrogen-bond acceptors (Lipinski definition) is 10. The van der Waals surface area contributed by atoms with Crippen LogP contribution < -0.4 is 11.1 Å². The molecule has 50 heavy (non-hydrogen) atoms. The zero-order valence-corrected chi connectivity index (χ0v) is 32.0. The molecule has 0 radical (unpaired) electrons. The quantitative estimate of drug-likeness (QED) is 0.187. The van der Waals surface area contributed by atoms with Crippen molar-refractivity contribution in [2.75, 3.05) is 27.2 Å². The largest absolute Gasteiger partial charge is 0.297 e.